The third kappa shape index (κ3) is 3.93. The maximum Gasteiger partial charge on any atom is 0.267 e. The van der Waals surface area contributed by atoms with E-state index in [4.69, 9.17) is 22.3 Å². The van der Waals surface area contributed by atoms with E-state index in [1.165, 1.54) is 10.8 Å². The number of carbonyl (C=O) groups excluding carboxylic acids is 1. The van der Waals surface area contributed by atoms with Gasteiger partial charge in [0.15, 0.2) is 5.78 Å². The molecular formula is C24H21ClN6O2. The normalized spacial score (nSPS) is 14.2. The van der Waals surface area contributed by atoms with E-state index < -0.39 is 6.04 Å². The maximum absolute atomic E-state index is 13.6. The van der Waals surface area contributed by atoms with Crippen LogP contribution in [0.4, 0.5) is 11.8 Å². The summed E-state index contributed by atoms with van der Waals surface area (Å²) < 4.78 is 1.53. The number of Topliss-reactive ketones (excluding diaryl/α,β-unsaturated/α-hetero) is 1. The van der Waals surface area contributed by atoms with E-state index in [1.807, 2.05) is 37.3 Å². The molecule has 2 heterocycles. The number of nitrogens with one attached hydrogen (secondary N) is 1. The van der Waals surface area contributed by atoms with E-state index in [0.717, 1.165) is 12.8 Å². The summed E-state index contributed by atoms with van der Waals surface area (Å²) in [6.07, 6.45) is 3.17. The van der Waals surface area contributed by atoms with Crippen molar-refractivity contribution in [1.29, 1.82) is 0 Å². The lowest BCUT2D eigenvalue weighted by Crippen LogP contribution is -2.28. The topological polar surface area (TPSA) is 116 Å². The highest BCUT2D eigenvalue weighted by molar-refractivity contribution is 6.35. The van der Waals surface area contributed by atoms with Crippen molar-refractivity contribution in [2.75, 3.05) is 11.1 Å². The van der Waals surface area contributed by atoms with Gasteiger partial charge in [0, 0.05) is 12.1 Å². The minimum Gasteiger partial charge on any atom is -0.368 e. The molecule has 0 aliphatic heterocycles. The zero-order valence-electron chi connectivity index (χ0n) is 17.8. The van der Waals surface area contributed by atoms with Gasteiger partial charge >= 0.3 is 0 Å². The Hall–Kier alpha value is -3.78. The largest absolute Gasteiger partial charge is 0.368 e. The molecule has 2 aromatic carbocycles. The minimum atomic E-state index is -0.499. The molecule has 166 valence electrons. The zero-order valence-corrected chi connectivity index (χ0v) is 18.6. The molecule has 0 saturated heterocycles. The SMILES string of the molecule is C[C@@H](Nc1nc(N)ncc1C(=O)C1CC1)c1nc2cccc(Cl)c2c(=O)n1-c1ccccc1. The molecule has 0 spiro atoms. The lowest BCUT2D eigenvalue weighted by atomic mass is 10.1. The average Bonchev–Trinajstić information content (AvgIpc) is 3.65. The molecule has 1 aliphatic carbocycles. The monoisotopic (exact) mass is 460 g/mol. The molecule has 4 aromatic rings. The van der Waals surface area contributed by atoms with Gasteiger partial charge in [0.1, 0.15) is 11.6 Å². The van der Waals surface area contributed by atoms with E-state index in [9.17, 15) is 9.59 Å². The van der Waals surface area contributed by atoms with Crippen LogP contribution in [0.3, 0.4) is 0 Å². The van der Waals surface area contributed by atoms with Crippen LogP contribution in [0, 0.1) is 5.92 Å². The van der Waals surface area contributed by atoms with Gasteiger partial charge in [-0.1, -0.05) is 35.9 Å². The predicted molar refractivity (Wildman–Crippen MR) is 128 cm³/mol. The summed E-state index contributed by atoms with van der Waals surface area (Å²) in [5, 5.41) is 3.92. The van der Waals surface area contributed by atoms with E-state index >= 15 is 0 Å². The summed E-state index contributed by atoms with van der Waals surface area (Å²) in [4.78, 5) is 39.4. The number of ketones is 1. The van der Waals surface area contributed by atoms with Crippen molar-refractivity contribution in [3.8, 4) is 5.69 Å². The van der Waals surface area contributed by atoms with Gasteiger partial charge in [-0.05, 0) is 44.0 Å². The highest BCUT2D eigenvalue weighted by Crippen LogP contribution is 2.35. The van der Waals surface area contributed by atoms with Crippen LogP contribution in [0.25, 0.3) is 16.6 Å². The Morgan fingerprint density at radius 2 is 1.91 bits per heavy atom. The Kier molecular flexibility index (Phi) is 5.30. The molecule has 1 fully saturated rings. The van der Waals surface area contributed by atoms with Crippen LogP contribution in [0.2, 0.25) is 5.02 Å². The van der Waals surface area contributed by atoms with Gasteiger partial charge < -0.3 is 11.1 Å². The molecule has 1 saturated carbocycles. The number of carbonyl (C=O) groups is 1. The minimum absolute atomic E-state index is 0.00323. The zero-order chi connectivity index (χ0) is 23.1. The van der Waals surface area contributed by atoms with E-state index in [2.05, 4.69) is 15.3 Å². The summed E-state index contributed by atoms with van der Waals surface area (Å²) in [5.74, 6) is 0.811. The number of para-hydroxylation sites is 1. The number of aromatic nitrogens is 4. The maximum atomic E-state index is 13.6. The molecule has 1 atom stereocenters. The highest BCUT2D eigenvalue weighted by atomic mass is 35.5. The lowest BCUT2D eigenvalue weighted by molar-refractivity contribution is 0.0968. The van der Waals surface area contributed by atoms with Crippen molar-refractivity contribution in [1.82, 2.24) is 19.5 Å². The fraction of sp³-hybridized carbons (Fsp3) is 0.208. The molecule has 0 bridgehead atoms. The lowest BCUT2D eigenvalue weighted by Gasteiger charge is -2.21. The smallest absolute Gasteiger partial charge is 0.267 e. The van der Waals surface area contributed by atoms with Crippen LogP contribution in [0.15, 0.2) is 59.5 Å². The van der Waals surface area contributed by atoms with E-state index in [-0.39, 0.29) is 23.2 Å². The van der Waals surface area contributed by atoms with Crippen LogP contribution < -0.4 is 16.6 Å². The second-order valence-corrected chi connectivity index (χ2v) is 8.48. The Morgan fingerprint density at radius 3 is 2.64 bits per heavy atom. The Bertz CT molecular complexity index is 1430. The number of fused-ring (bicyclic) bond motifs is 1. The molecule has 0 amide bonds. The number of halogens is 1. The van der Waals surface area contributed by atoms with E-state index in [0.29, 0.717) is 38.8 Å². The molecule has 1 aliphatic rings. The van der Waals surface area contributed by atoms with Crippen molar-refractivity contribution in [3.63, 3.8) is 0 Å². The Morgan fingerprint density at radius 1 is 1.15 bits per heavy atom. The fourth-order valence-corrected chi connectivity index (χ4v) is 4.10. The van der Waals surface area contributed by atoms with Gasteiger partial charge in [-0.15, -0.1) is 0 Å². The standard InChI is InChI=1S/C24H21ClN6O2/c1-13(28-21-16(12-27-24(26)30-21)20(32)14-10-11-14)22-29-18-9-5-8-17(25)19(18)23(33)31(22)15-6-3-2-4-7-15/h2-9,12-14H,10-11H2,1H3,(H3,26,27,28,30)/t13-/m1/s1. The number of anilines is 2. The first kappa shape index (κ1) is 21.1. The number of hydrogen-bond donors (Lipinski definition) is 2. The van der Waals surface area contributed by atoms with Crippen molar-refractivity contribution in [3.05, 3.63) is 81.5 Å². The first-order valence-electron chi connectivity index (χ1n) is 10.6. The number of hydrogen-bond acceptors (Lipinski definition) is 7. The van der Waals surface area contributed by atoms with Gasteiger partial charge in [0.2, 0.25) is 5.95 Å². The van der Waals surface area contributed by atoms with Crippen molar-refractivity contribution in [2.24, 2.45) is 5.92 Å². The van der Waals surface area contributed by atoms with Crippen LogP contribution in [-0.4, -0.2) is 25.3 Å². The number of rotatable bonds is 6. The van der Waals surface area contributed by atoms with Crippen LogP contribution in [0.5, 0.6) is 0 Å². The Balaban J connectivity index is 1.65. The number of benzene rings is 2. The summed E-state index contributed by atoms with van der Waals surface area (Å²) in [6, 6.07) is 13.9. The van der Waals surface area contributed by atoms with Crippen LogP contribution in [-0.2, 0) is 0 Å². The van der Waals surface area contributed by atoms with Gasteiger partial charge in [-0.25, -0.2) is 9.97 Å². The summed E-state index contributed by atoms with van der Waals surface area (Å²) in [5.41, 5.74) is 7.05. The number of nitrogens with zero attached hydrogens (tertiary/aromatic N) is 4. The quantitative estimate of drug-likeness (QED) is 0.414. The van der Waals surface area contributed by atoms with Gasteiger partial charge in [-0.2, -0.15) is 4.98 Å². The molecule has 2 aromatic heterocycles. The molecule has 9 heteroatoms. The highest BCUT2D eigenvalue weighted by Gasteiger charge is 2.33. The third-order valence-corrected chi connectivity index (χ3v) is 5.96. The second-order valence-electron chi connectivity index (χ2n) is 8.08. The fourth-order valence-electron chi connectivity index (χ4n) is 3.84. The van der Waals surface area contributed by atoms with E-state index in [1.54, 1.807) is 18.2 Å². The summed E-state index contributed by atoms with van der Waals surface area (Å²) in [6.45, 7) is 1.85. The first-order valence-corrected chi connectivity index (χ1v) is 11.0. The molecule has 3 N–H and O–H groups in total. The molecule has 8 nitrogen and oxygen atoms in total. The average molecular weight is 461 g/mol. The molecule has 0 radical (unpaired) electrons. The molecule has 5 rings (SSSR count). The molecule has 0 unspecified atom stereocenters. The third-order valence-electron chi connectivity index (χ3n) is 5.65. The predicted octanol–water partition coefficient (Wildman–Crippen LogP) is 4.18. The van der Waals surface area contributed by atoms with Crippen molar-refractivity contribution < 1.29 is 4.79 Å². The first-order chi connectivity index (χ1) is 15.9. The van der Waals surface area contributed by atoms with Crippen LogP contribution in [0.1, 0.15) is 42.0 Å². The summed E-state index contributed by atoms with van der Waals surface area (Å²) in [7, 11) is 0. The van der Waals surface area contributed by atoms with Gasteiger partial charge in [-0.3, -0.25) is 14.2 Å². The van der Waals surface area contributed by atoms with Gasteiger partial charge in [0.05, 0.1) is 33.2 Å². The van der Waals surface area contributed by atoms with Crippen molar-refractivity contribution in [2.45, 2.75) is 25.8 Å². The summed E-state index contributed by atoms with van der Waals surface area (Å²) >= 11 is 6.35. The second kappa shape index (κ2) is 8.29. The molecular weight excluding hydrogens is 440 g/mol. The number of nitrogen functional groups attached to an aromatic ring is 1. The molecule has 33 heavy (non-hydrogen) atoms. The Labute approximate surface area is 194 Å². The number of nitrogens with two attached hydrogens (primary N) is 1. The van der Waals surface area contributed by atoms with Crippen LogP contribution >= 0.6 is 11.6 Å². The van der Waals surface area contributed by atoms with Crippen molar-refractivity contribution >= 4 is 40.1 Å². The van der Waals surface area contributed by atoms with Gasteiger partial charge in [0.25, 0.3) is 5.56 Å².